The molecule has 0 aliphatic carbocycles. The van der Waals surface area contributed by atoms with Crippen molar-refractivity contribution in [2.45, 2.75) is 18.4 Å². The predicted octanol–water partition coefficient (Wildman–Crippen LogP) is 8.05. The van der Waals surface area contributed by atoms with Crippen molar-refractivity contribution >= 4 is 23.5 Å². The van der Waals surface area contributed by atoms with Gasteiger partial charge in [0.2, 0.25) is 0 Å². The fourth-order valence-electron chi connectivity index (χ4n) is 5.84. The summed E-state index contributed by atoms with van der Waals surface area (Å²) in [5, 5.41) is 0.577. The van der Waals surface area contributed by atoms with Crippen molar-refractivity contribution in [2.75, 3.05) is 13.2 Å². The number of imidazole rings is 1. The van der Waals surface area contributed by atoms with E-state index in [0.29, 0.717) is 18.2 Å². The molecule has 1 aliphatic heterocycles. The summed E-state index contributed by atoms with van der Waals surface area (Å²) >= 11 is 6.72. The maximum atomic E-state index is 12.9. The Kier molecular flexibility index (Phi) is 7.95. The first-order chi connectivity index (χ1) is 20.2. The Morgan fingerprint density at radius 3 is 1.93 bits per heavy atom. The van der Waals surface area contributed by atoms with Gasteiger partial charge in [-0.05, 0) is 47.8 Å². The summed E-state index contributed by atoms with van der Waals surface area (Å²) in [7, 11) is 0. The van der Waals surface area contributed by atoms with Crippen molar-refractivity contribution in [3.63, 3.8) is 0 Å². The number of carbonyl (C=O) groups excluding carboxylic acids is 1. The first-order valence-electron chi connectivity index (χ1n) is 14.0. The molecule has 4 aromatic carbocycles. The number of aromatic nitrogens is 2. The SMILES string of the molecule is O=C(/C=C/c1c(Cl)cccc1-c1cn(C(c2ccccc2)(c2ccccc2)c2ccccc2)cn1)C1CCOCC1. The van der Waals surface area contributed by atoms with Gasteiger partial charge in [0.15, 0.2) is 5.78 Å². The van der Waals surface area contributed by atoms with Crippen LogP contribution in [0.25, 0.3) is 17.3 Å². The lowest BCUT2D eigenvalue weighted by Crippen LogP contribution is -2.36. The number of halogens is 1. The van der Waals surface area contributed by atoms with Crippen molar-refractivity contribution < 1.29 is 9.53 Å². The molecule has 1 saturated heterocycles. The zero-order valence-electron chi connectivity index (χ0n) is 22.7. The van der Waals surface area contributed by atoms with Crippen molar-refractivity contribution in [1.29, 1.82) is 0 Å². The number of nitrogens with zero attached hydrogens (tertiary/aromatic N) is 2. The van der Waals surface area contributed by atoms with Crippen LogP contribution in [0.5, 0.6) is 0 Å². The zero-order valence-corrected chi connectivity index (χ0v) is 23.5. The number of hydrogen-bond donors (Lipinski definition) is 0. The Morgan fingerprint density at radius 2 is 1.37 bits per heavy atom. The van der Waals surface area contributed by atoms with Gasteiger partial charge in [-0.15, -0.1) is 0 Å². The molecule has 4 nitrogen and oxygen atoms in total. The number of ketones is 1. The molecule has 5 aromatic rings. The summed E-state index contributed by atoms with van der Waals surface area (Å²) in [5.74, 6) is 0.106. The Morgan fingerprint density at radius 1 is 0.805 bits per heavy atom. The molecule has 0 spiro atoms. The zero-order chi connectivity index (χ0) is 28.1. The summed E-state index contributed by atoms with van der Waals surface area (Å²) in [4.78, 5) is 17.8. The average molecular weight is 559 g/mol. The highest BCUT2D eigenvalue weighted by Crippen LogP contribution is 2.42. The smallest absolute Gasteiger partial charge is 0.158 e. The van der Waals surface area contributed by atoms with Gasteiger partial charge in [0.1, 0.15) is 5.54 Å². The fraction of sp³-hybridized carbons (Fsp3) is 0.167. The van der Waals surface area contributed by atoms with Crippen LogP contribution in [-0.2, 0) is 15.1 Å². The number of allylic oxidation sites excluding steroid dienone is 1. The highest BCUT2D eigenvalue weighted by molar-refractivity contribution is 6.32. The first-order valence-corrected chi connectivity index (χ1v) is 14.4. The molecule has 204 valence electrons. The van der Waals surface area contributed by atoms with E-state index in [0.717, 1.165) is 46.4 Å². The molecule has 0 bridgehead atoms. The number of carbonyl (C=O) groups is 1. The molecule has 0 radical (unpaired) electrons. The second-order valence-corrected chi connectivity index (χ2v) is 10.7. The van der Waals surface area contributed by atoms with Gasteiger partial charge in [-0.3, -0.25) is 4.79 Å². The van der Waals surface area contributed by atoms with Gasteiger partial charge in [-0.25, -0.2) is 4.98 Å². The third-order valence-corrected chi connectivity index (χ3v) is 8.24. The molecular formula is C36H31ClN2O2. The van der Waals surface area contributed by atoms with Crippen LogP contribution < -0.4 is 0 Å². The van der Waals surface area contributed by atoms with E-state index >= 15 is 0 Å². The minimum atomic E-state index is -0.664. The van der Waals surface area contributed by atoms with Gasteiger partial charge in [0.05, 0.1) is 12.0 Å². The fourth-order valence-corrected chi connectivity index (χ4v) is 6.08. The van der Waals surface area contributed by atoms with E-state index in [1.165, 1.54) is 0 Å². The van der Waals surface area contributed by atoms with E-state index < -0.39 is 5.54 Å². The molecular weight excluding hydrogens is 528 g/mol. The predicted molar refractivity (Wildman–Crippen MR) is 165 cm³/mol. The Labute approximate surface area is 245 Å². The second-order valence-electron chi connectivity index (χ2n) is 10.3. The molecule has 0 amide bonds. The summed E-state index contributed by atoms with van der Waals surface area (Å²) in [6.07, 6.45) is 8.99. The molecule has 5 heteroatoms. The van der Waals surface area contributed by atoms with Crippen LogP contribution in [0.2, 0.25) is 5.02 Å². The molecule has 1 aromatic heterocycles. The number of hydrogen-bond acceptors (Lipinski definition) is 3. The van der Waals surface area contributed by atoms with Crippen LogP contribution in [0.15, 0.2) is 128 Å². The van der Waals surface area contributed by atoms with Crippen molar-refractivity contribution in [3.05, 3.63) is 155 Å². The third kappa shape index (κ3) is 5.29. The molecule has 2 heterocycles. The lowest BCUT2D eigenvalue weighted by Gasteiger charge is -2.37. The van der Waals surface area contributed by atoms with E-state index in [9.17, 15) is 4.79 Å². The molecule has 1 fully saturated rings. The van der Waals surface area contributed by atoms with Crippen LogP contribution in [0, 0.1) is 5.92 Å². The van der Waals surface area contributed by atoms with E-state index in [1.807, 2.05) is 48.8 Å². The highest BCUT2D eigenvalue weighted by Gasteiger charge is 2.38. The number of benzene rings is 4. The van der Waals surface area contributed by atoms with E-state index in [2.05, 4.69) is 83.6 Å². The van der Waals surface area contributed by atoms with Gasteiger partial charge >= 0.3 is 0 Å². The first kappa shape index (κ1) is 26.9. The molecule has 0 N–H and O–H groups in total. The normalized spacial score (nSPS) is 14.4. The molecule has 0 atom stereocenters. The lowest BCUT2D eigenvalue weighted by atomic mass is 9.77. The quantitative estimate of drug-likeness (QED) is 0.143. The van der Waals surface area contributed by atoms with Crippen LogP contribution in [0.3, 0.4) is 0 Å². The van der Waals surface area contributed by atoms with Crippen molar-refractivity contribution in [2.24, 2.45) is 5.92 Å². The number of ether oxygens (including phenoxy) is 1. The van der Waals surface area contributed by atoms with Crippen LogP contribution in [-0.4, -0.2) is 28.5 Å². The standard InChI is InChI=1S/C36H31ClN2O2/c37-33-18-10-17-32(31(33)19-20-35(40)27-21-23-41-24-22-27)34-25-39(26-38-34)36(28-11-4-1-5-12-28,29-13-6-2-7-14-29)30-15-8-3-9-16-30/h1-20,25-27H,21-24H2/b20-19+. The summed E-state index contributed by atoms with van der Waals surface area (Å²) < 4.78 is 7.61. The molecule has 6 rings (SSSR count). The monoisotopic (exact) mass is 558 g/mol. The average Bonchev–Trinajstić information content (AvgIpc) is 3.53. The largest absolute Gasteiger partial charge is 0.381 e. The Bertz CT molecular complexity index is 1540. The van der Waals surface area contributed by atoms with Crippen molar-refractivity contribution in [1.82, 2.24) is 9.55 Å². The van der Waals surface area contributed by atoms with Crippen LogP contribution >= 0.6 is 11.6 Å². The Balaban J connectivity index is 1.48. The highest BCUT2D eigenvalue weighted by atomic mass is 35.5. The summed E-state index contributed by atoms with van der Waals surface area (Å²) in [5.41, 5.74) is 5.12. The van der Waals surface area contributed by atoms with Crippen LogP contribution in [0.4, 0.5) is 0 Å². The van der Waals surface area contributed by atoms with Gasteiger partial charge in [-0.2, -0.15) is 0 Å². The molecule has 41 heavy (non-hydrogen) atoms. The van der Waals surface area contributed by atoms with Gasteiger partial charge in [0, 0.05) is 41.5 Å². The second kappa shape index (κ2) is 12.1. The topological polar surface area (TPSA) is 44.1 Å². The molecule has 1 aliphatic rings. The van der Waals surface area contributed by atoms with Gasteiger partial charge in [0.25, 0.3) is 0 Å². The van der Waals surface area contributed by atoms with E-state index in [1.54, 1.807) is 6.08 Å². The van der Waals surface area contributed by atoms with Gasteiger partial charge < -0.3 is 9.30 Å². The third-order valence-electron chi connectivity index (χ3n) is 7.91. The lowest BCUT2D eigenvalue weighted by molar-refractivity contribution is -0.120. The Hall–Kier alpha value is -4.25. The van der Waals surface area contributed by atoms with E-state index in [4.69, 9.17) is 21.3 Å². The molecule has 0 saturated carbocycles. The maximum absolute atomic E-state index is 12.9. The minimum absolute atomic E-state index is 0.00613. The summed E-state index contributed by atoms with van der Waals surface area (Å²) in [6.45, 7) is 1.26. The minimum Gasteiger partial charge on any atom is -0.381 e. The van der Waals surface area contributed by atoms with Gasteiger partial charge in [-0.1, -0.05) is 115 Å². The van der Waals surface area contributed by atoms with E-state index in [-0.39, 0.29) is 11.7 Å². The van der Waals surface area contributed by atoms with Crippen molar-refractivity contribution in [3.8, 4) is 11.3 Å². The maximum Gasteiger partial charge on any atom is 0.158 e. The number of rotatable bonds is 8. The summed E-state index contributed by atoms with van der Waals surface area (Å²) in [6, 6.07) is 37.3. The van der Waals surface area contributed by atoms with Crippen LogP contribution in [0.1, 0.15) is 35.1 Å². The molecule has 0 unspecified atom stereocenters.